The molecule has 0 saturated heterocycles. The third kappa shape index (κ3) is 2.03. The molecule has 0 bridgehead atoms. The Hall–Kier alpha value is 0.100. The van der Waals surface area contributed by atoms with E-state index in [0.717, 1.165) is 15.1 Å². The molecular weight excluding hydrogens is 310 g/mol. The van der Waals surface area contributed by atoms with E-state index in [1.165, 1.54) is 12.8 Å². The van der Waals surface area contributed by atoms with Gasteiger partial charge in [0, 0.05) is 5.92 Å². The minimum atomic E-state index is 0.417. The lowest BCUT2D eigenvalue weighted by atomic mass is 10.1. The van der Waals surface area contributed by atoms with E-state index < -0.39 is 0 Å². The van der Waals surface area contributed by atoms with E-state index >= 15 is 0 Å². The van der Waals surface area contributed by atoms with Crippen molar-refractivity contribution in [2.24, 2.45) is 0 Å². The molecule has 1 heterocycles. The zero-order chi connectivity index (χ0) is 10.3. The van der Waals surface area contributed by atoms with E-state index in [1.54, 1.807) is 0 Å². The molecule has 1 aromatic rings. The molecule has 1 aromatic heterocycles. The minimum absolute atomic E-state index is 0.417. The van der Waals surface area contributed by atoms with Gasteiger partial charge in [-0.1, -0.05) is 25.4 Å². The Labute approximate surface area is 103 Å². The summed E-state index contributed by atoms with van der Waals surface area (Å²) < 4.78 is 1.00. The average Bonchev–Trinajstić information content (AvgIpc) is 2.91. The van der Waals surface area contributed by atoms with Crippen molar-refractivity contribution in [3.63, 3.8) is 0 Å². The molecule has 2 nitrogen and oxygen atoms in total. The van der Waals surface area contributed by atoms with E-state index in [9.17, 15) is 0 Å². The molecule has 0 spiro atoms. The van der Waals surface area contributed by atoms with Crippen LogP contribution in [0.2, 0.25) is 5.15 Å². The van der Waals surface area contributed by atoms with Crippen LogP contribution in [0.25, 0.3) is 0 Å². The second kappa shape index (κ2) is 3.93. The van der Waals surface area contributed by atoms with Gasteiger partial charge in [0.15, 0.2) is 0 Å². The highest BCUT2D eigenvalue weighted by Crippen LogP contribution is 2.39. The number of hydrogen-bond acceptors (Lipinski definition) is 2. The Kier molecular flexibility index (Phi) is 2.98. The van der Waals surface area contributed by atoms with Gasteiger partial charge in [0.05, 0.1) is 9.26 Å². The predicted octanol–water partition coefficient (Wildman–Crippen LogP) is 3.74. The van der Waals surface area contributed by atoms with Gasteiger partial charge >= 0.3 is 0 Å². The molecular formula is C10H12ClIN2. The van der Waals surface area contributed by atoms with E-state index in [4.69, 9.17) is 11.6 Å². The fraction of sp³-hybridized carbons (Fsp3) is 0.600. The number of aromatic nitrogens is 2. The number of hydrogen-bond donors (Lipinski definition) is 0. The summed E-state index contributed by atoms with van der Waals surface area (Å²) in [6.45, 7) is 4.27. The van der Waals surface area contributed by atoms with E-state index in [0.29, 0.717) is 17.0 Å². The standard InChI is InChI=1S/C10H12ClIN2/c1-5(2)8-7(12)9(11)14-10(13-8)6-3-4-6/h5-6H,3-4H2,1-2H3. The van der Waals surface area contributed by atoms with Gasteiger partial charge in [0.1, 0.15) is 11.0 Å². The zero-order valence-electron chi connectivity index (χ0n) is 8.22. The molecule has 1 fully saturated rings. The minimum Gasteiger partial charge on any atom is -0.236 e. The second-order valence-corrected chi connectivity index (χ2v) is 5.44. The van der Waals surface area contributed by atoms with Crippen molar-refractivity contribution in [2.75, 3.05) is 0 Å². The molecule has 1 saturated carbocycles. The Morgan fingerprint density at radius 1 is 1.36 bits per heavy atom. The Bertz CT molecular complexity index is 361. The highest BCUT2D eigenvalue weighted by molar-refractivity contribution is 14.1. The van der Waals surface area contributed by atoms with Crippen LogP contribution in [0.4, 0.5) is 0 Å². The summed E-state index contributed by atoms with van der Waals surface area (Å²) >= 11 is 8.30. The summed E-state index contributed by atoms with van der Waals surface area (Å²) in [4.78, 5) is 8.92. The average molecular weight is 323 g/mol. The number of nitrogens with zero attached hydrogens (tertiary/aromatic N) is 2. The van der Waals surface area contributed by atoms with Gasteiger partial charge in [-0.15, -0.1) is 0 Å². The van der Waals surface area contributed by atoms with Crippen molar-refractivity contribution in [3.8, 4) is 0 Å². The van der Waals surface area contributed by atoms with Crippen LogP contribution in [-0.2, 0) is 0 Å². The van der Waals surface area contributed by atoms with Gasteiger partial charge < -0.3 is 0 Å². The highest BCUT2D eigenvalue weighted by Gasteiger charge is 2.28. The van der Waals surface area contributed by atoms with Crippen LogP contribution in [0.15, 0.2) is 0 Å². The lowest BCUT2D eigenvalue weighted by Crippen LogP contribution is -2.04. The fourth-order valence-corrected chi connectivity index (χ4v) is 2.41. The van der Waals surface area contributed by atoms with Crippen molar-refractivity contribution in [2.45, 2.75) is 38.5 Å². The summed E-state index contributed by atoms with van der Waals surface area (Å²) in [6.07, 6.45) is 2.43. The van der Waals surface area contributed by atoms with Crippen molar-refractivity contribution in [1.82, 2.24) is 9.97 Å². The maximum Gasteiger partial charge on any atom is 0.146 e. The summed E-state index contributed by atoms with van der Waals surface area (Å²) in [5, 5.41) is 0.617. The van der Waals surface area contributed by atoms with Crippen LogP contribution in [0, 0.1) is 3.57 Å². The molecule has 1 aliphatic carbocycles. The lowest BCUT2D eigenvalue weighted by Gasteiger charge is -2.10. The molecule has 0 atom stereocenters. The quantitative estimate of drug-likeness (QED) is 0.612. The SMILES string of the molecule is CC(C)c1nc(C2CC2)nc(Cl)c1I. The molecule has 2 rings (SSSR count). The molecule has 0 aromatic carbocycles. The van der Waals surface area contributed by atoms with Gasteiger partial charge in [0.25, 0.3) is 0 Å². The van der Waals surface area contributed by atoms with E-state index in [2.05, 4.69) is 46.4 Å². The van der Waals surface area contributed by atoms with E-state index in [-0.39, 0.29) is 0 Å². The normalized spacial score (nSPS) is 16.4. The summed E-state index contributed by atoms with van der Waals surface area (Å²) in [5.41, 5.74) is 1.09. The largest absolute Gasteiger partial charge is 0.236 e. The number of halogens is 2. The smallest absolute Gasteiger partial charge is 0.146 e. The summed E-state index contributed by atoms with van der Waals surface area (Å²) in [5.74, 6) is 1.93. The zero-order valence-corrected chi connectivity index (χ0v) is 11.1. The second-order valence-electron chi connectivity index (χ2n) is 4.00. The Balaban J connectivity index is 2.46. The van der Waals surface area contributed by atoms with Crippen LogP contribution in [-0.4, -0.2) is 9.97 Å². The first-order valence-corrected chi connectivity index (χ1v) is 6.28. The molecule has 1 aliphatic rings. The van der Waals surface area contributed by atoms with Gasteiger partial charge in [-0.2, -0.15) is 0 Å². The Morgan fingerprint density at radius 2 is 2.00 bits per heavy atom. The predicted molar refractivity (Wildman–Crippen MR) is 65.8 cm³/mol. The van der Waals surface area contributed by atoms with Gasteiger partial charge in [-0.05, 0) is 41.4 Å². The van der Waals surface area contributed by atoms with Crippen LogP contribution < -0.4 is 0 Å². The summed E-state index contributed by atoms with van der Waals surface area (Å²) in [6, 6.07) is 0. The molecule has 0 N–H and O–H groups in total. The van der Waals surface area contributed by atoms with Crippen LogP contribution in [0.1, 0.15) is 50.0 Å². The van der Waals surface area contributed by atoms with Crippen molar-refractivity contribution in [1.29, 1.82) is 0 Å². The first kappa shape index (κ1) is 10.6. The molecule has 0 amide bonds. The molecule has 76 valence electrons. The molecule has 0 unspecified atom stereocenters. The fourth-order valence-electron chi connectivity index (χ4n) is 1.36. The van der Waals surface area contributed by atoms with E-state index in [1.807, 2.05) is 0 Å². The molecule has 14 heavy (non-hydrogen) atoms. The third-order valence-electron chi connectivity index (χ3n) is 2.34. The molecule has 4 heteroatoms. The van der Waals surface area contributed by atoms with Crippen molar-refractivity contribution in [3.05, 3.63) is 20.2 Å². The molecule has 0 radical (unpaired) electrons. The maximum absolute atomic E-state index is 6.08. The van der Waals surface area contributed by atoms with Crippen LogP contribution in [0.5, 0.6) is 0 Å². The van der Waals surface area contributed by atoms with Crippen LogP contribution >= 0.6 is 34.2 Å². The third-order valence-corrected chi connectivity index (χ3v) is 4.00. The number of rotatable bonds is 2. The van der Waals surface area contributed by atoms with Crippen molar-refractivity contribution < 1.29 is 0 Å². The highest BCUT2D eigenvalue weighted by atomic mass is 127. The summed E-state index contributed by atoms with van der Waals surface area (Å²) in [7, 11) is 0. The topological polar surface area (TPSA) is 25.8 Å². The first-order chi connectivity index (χ1) is 6.59. The van der Waals surface area contributed by atoms with Gasteiger partial charge in [-0.25, -0.2) is 9.97 Å². The lowest BCUT2D eigenvalue weighted by molar-refractivity contribution is 0.775. The Morgan fingerprint density at radius 3 is 2.50 bits per heavy atom. The van der Waals surface area contributed by atoms with Crippen molar-refractivity contribution >= 4 is 34.2 Å². The monoisotopic (exact) mass is 322 g/mol. The van der Waals surface area contributed by atoms with Crippen LogP contribution in [0.3, 0.4) is 0 Å². The molecule has 0 aliphatic heterocycles. The first-order valence-electron chi connectivity index (χ1n) is 4.82. The van der Waals surface area contributed by atoms with Gasteiger partial charge in [0.2, 0.25) is 0 Å². The maximum atomic E-state index is 6.08. The van der Waals surface area contributed by atoms with Gasteiger partial charge in [-0.3, -0.25) is 0 Å².